The summed E-state index contributed by atoms with van der Waals surface area (Å²) in [6.45, 7) is 1.17. The van der Waals surface area contributed by atoms with Crippen LogP contribution in [0, 0.1) is 5.82 Å². The predicted octanol–water partition coefficient (Wildman–Crippen LogP) is 2.86. The van der Waals surface area contributed by atoms with Gasteiger partial charge in [-0.3, -0.25) is 14.3 Å². The number of benzene rings is 1. The van der Waals surface area contributed by atoms with Gasteiger partial charge >= 0.3 is 5.69 Å². The van der Waals surface area contributed by atoms with Crippen LogP contribution in [0.4, 0.5) is 4.39 Å². The van der Waals surface area contributed by atoms with Gasteiger partial charge in [0.1, 0.15) is 11.6 Å². The summed E-state index contributed by atoms with van der Waals surface area (Å²) in [5, 5.41) is 4.70. The second kappa shape index (κ2) is 9.01. The predicted molar refractivity (Wildman–Crippen MR) is 115 cm³/mol. The molecule has 1 aliphatic rings. The number of amides is 1. The van der Waals surface area contributed by atoms with Gasteiger partial charge in [0.15, 0.2) is 0 Å². The minimum absolute atomic E-state index is 0.0613. The van der Waals surface area contributed by atoms with Crippen molar-refractivity contribution in [3.05, 3.63) is 81.0 Å². The normalized spacial score (nSPS) is 15.5. The average molecular weight is 444 g/mol. The fourth-order valence-electron chi connectivity index (χ4n) is 3.86. The number of nitrogens with zero attached hydrogens (tertiary/aromatic N) is 5. The van der Waals surface area contributed by atoms with Gasteiger partial charge in [-0.1, -0.05) is 23.7 Å². The van der Waals surface area contributed by atoms with E-state index in [1.165, 1.54) is 22.9 Å². The fraction of sp³-hybridized carbons (Fsp3) is 0.364. The van der Waals surface area contributed by atoms with Crippen LogP contribution in [0.15, 0.2) is 47.4 Å². The molecule has 3 heterocycles. The van der Waals surface area contributed by atoms with E-state index < -0.39 is 11.7 Å². The zero-order chi connectivity index (χ0) is 22.0. The fourth-order valence-corrected chi connectivity index (χ4v) is 4.09. The van der Waals surface area contributed by atoms with Gasteiger partial charge in [-0.2, -0.15) is 5.10 Å². The summed E-state index contributed by atoms with van der Waals surface area (Å²) in [7, 11) is 1.76. The quantitative estimate of drug-likeness (QED) is 0.587. The van der Waals surface area contributed by atoms with Crippen molar-refractivity contribution in [2.24, 2.45) is 0 Å². The molecule has 0 fully saturated rings. The van der Waals surface area contributed by atoms with Crippen molar-refractivity contribution in [2.75, 3.05) is 13.6 Å². The van der Waals surface area contributed by atoms with E-state index in [2.05, 4.69) is 10.1 Å². The molecule has 1 aromatic carbocycles. The molecule has 7 nitrogen and oxygen atoms in total. The standard InChI is InChI=1S/C22H23ClFN5O2/c1-27(12-9-17-5-2-3-10-25-17)21(30)18-6-4-11-28-20(18)26-29(22(28)31)14-15-7-8-16(24)13-19(15)23/h2-3,5,7-8,10,13,18H,4,6,9,11-12,14H2,1H3. The summed E-state index contributed by atoms with van der Waals surface area (Å²) in [6, 6.07) is 9.75. The van der Waals surface area contributed by atoms with Gasteiger partial charge in [-0.25, -0.2) is 13.9 Å². The van der Waals surface area contributed by atoms with Crippen LogP contribution in [0.2, 0.25) is 5.02 Å². The lowest BCUT2D eigenvalue weighted by Gasteiger charge is -2.26. The molecular weight excluding hydrogens is 421 g/mol. The number of carbonyl (C=O) groups is 1. The third-order valence-electron chi connectivity index (χ3n) is 5.58. The maximum atomic E-state index is 13.3. The highest BCUT2D eigenvalue weighted by Gasteiger charge is 2.33. The van der Waals surface area contributed by atoms with Crippen molar-refractivity contribution in [2.45, 2.75) is 38.3 Å². The molecule has 31 heavy (non-hydrogen) atoms. The van der Waals surface area contributed by atoms with Crippen molar-refractivity contribution >= 4 is 17.5 Å². The minimum atomic E-state index is -0.472. The second-order valence-electron chi connectivity index (χ2n) is 7.71. The second-order valence-corrected chi connectivity index (χ2v) is 8.12. The number of fused-ring (bicyclic) bond motifs is 1. The Morgan fingerprint density at radius 1 is 1.32 bits per heavy atom. The molecule has 3 aromatic rings. The van der Waals surface area contributed by atoms with Crippen molar-refractivity contribution in [1.82, 2.24) is 24.2 Å². The molecule has 9 heteroatoms. The van der Waals surface area contributed by atoms with E-state index in [1.807, 2.05) is 18.2 Å². The molecule has 0 N–H and O–H groups in total. The number of hydrogen-bond acceptors (Lipinski definition) is 4. The molecule has 0 aliphatic carbocycles. The summed E-state index contributed by atoms with van der Waals surface area (Å²) in [5.41, 5.74) is 1.23. The molecule has 0 saturated carbocycles. The molecule has 0 bridgehead atoms. The van der Waals surface area contributed by atoms with Crippen LogP contribution < -0.4 is 5.69 Å². The number of hydrogen-bond donors (Lipinski definition) is 0. The first-order valence-electron chi connectivity index (χ1n) is 10.2. The van der Waals surface area contributed by atoms with Crippen molar-refractivity contribution in [1.29, 1.82) is 0 Å². The number of carbonyl (C=O) groups excluding carboxylic acids is 1. The van der Waals surface area contributed by atoms with E-state index in [0.29, 0.717) is 37.3 Å². The summed E-state index contributed by atoms with van der Waals surface area (Å²) < 4.78 is 16.2. The molecular formula is C22H23ClFN5O2. The third-order valence-corrected chi connectivity index (χ3v) is 5.93. The van der Waals surface area contributed by atoms with E-state index in [-0.39, 0.29) is 23.2 Å². The van der Waals surface area contributed by atoms with Crippen molar-refractivity contribution in [3.63, 3.8) is 0 Å². The van der Waals surface area contributed by atoms with Gasteiger partial charge in [0, 0.05) is 43.5 Å². The topological polar surface area (TPSA) is 73.0 Å². The van der Waals surface area contributed by atoms with Gasteiger partial charge in [0.25, 0.3) is 0 Å². The summed E-state index contributed by atoms with van der Waals surface area (Å²) in [6.07, 6.45) is 3.75. The van der Waals surface area contributed by atoms with E-state index in [1.54, 1.807) is 22.7 Å². The first-order valence-corrected chi connectivity index (χ1v) is 10.6. The zero-order valence-corrected chi connectivity index (χ0v) is 17.9. The highest BCUT2D eigenvalue weighted by molar-refractivity contribution is 6.31. The number of halogens is 2. The summed E-state index contributed by atoms with van der Waals surface area (Å²) >= 11 is 6.11. The van der Waals surface area contributed by atoms with Crippen LogP contribution in [-0.2, 0) is 24.3 Å². The summed E-state index contributed by atoms with van der Waals surface area (Å²) in [4.78, 5) is 32.0. The number of aromatic nitrogens is 4. The molecule has 0 spiro atoms. The van der Waals surface area contributed by atoms with E-state index in [4.69, 9.17) is 11.6 Å². The molecule has 4 rings (SSSR count). The van der Waals surface area contributed by atoms with Crippen LogP contribution in [0.5, 0.6) is 0 Å². The monoisotopic (exact) mass is 443 g/mol. The van der Waals surface area contributed by atoms with Gasteiger partial charge in [-0.05, 0) is 42.7 Å². The Labute approximate surface area is 184 Å². The van der Waals surface area contributed by atoms with E-state index >= 15 is 0 Å². The van der Waals surface area contributed by atoms with Crippen molar-refractivity contribution < 1.29 is 9.18 Å². The SMILES string of the molecule is CN(CCc1ccccn1)C(=O)C1CCCn2c1nn(Cc1ccc(F)cc1Cl)c2=O. The molecule has 0 saturated heterocycles. The smallest absolute Gasteiger partial charge is 0.345 e. The third kappa shape index (κ3) is 4.54. The first-order chi connectivity index (χ1) is 14.9. The Bertz CT molecular complexity index is 1140. The number of likely N-dealkylation sites (N-methyl/N-ethyl adjacent to an activating group) is 1. The molecule has 1 unspecified atom stereocenters. The zero-order valence-electron chi connectivity index (χ0n) is 17.2. The highest BCUT2D eigenvalue weighted by atomic mass is 35.5. The highest BCUT2D eigenvalue weighted by Crippen LogP contribution is 2.27. The molecule has 162 valence electrons. The largest absolute Gasteiger partial charge is 0.346 e. The molecule has 2 aromatic heterocycles. The van der Waals surface area contributed by atoms with Crippen LogP contribution in [0.25, 0.3) is 0 Å². The van der Waals surface area contributed by atoms with Crippen molar-refractivity contribution in [3.8, 4) is 0 Å². The molecule has 0 radical (unpaired) electrons. The molecule has 1 amide bonds. The van der Waals surface area contributed by atoms with E-state index in [0.717, 1.165) is 12.1 Å². The van der Waals surface area contributed by atoms with Gasteiger partial charge < -0.3 is 4.90 Å². The average Bonchev–Trinajstić information content (AvgIpc) is 3.09. The van der Waals surface area contributed by atoms with Crippen LogP contribution in [0.1, 0.15) is 35.8 Å². The minimum Gasteiger partial charge on any atom is -0.345 e. The Morgan fingerprint density at radius 2 is 2.16 bits per heavy atom. The molecule has 1 atom stereocenters. The molecule has 1 aliphatic heterocycles. The van der Waals surface area contributed by atoms with Gasteiger partial charge in [0.05, 0.1) is 12.5 Å². The Morgan fingerprint density at radius 3 is 2.90 bits per heavy atom. The lowest BCUT2D eigenvalue weighted by atomic mass is 9.97. The van der Waals surface area contributed by atoms with Crippen LogP contribution in [-0.4, -0.2) is 43.7 Å². The maximum Gasteiger partial charge on any atom is 0.346 e. The van der Waals surface area contributed by atoms with E-state index in [9.17, 15) is 14.0 Å². The maximum absolute atomic E-state index is 13.3. The summed E-state index contributed by atoms with van der Waals surface area (Å²) in [5.74, 6) is -0.497. The number of rotatable bonds is 6. The Balaban J connectivity index is 1.52. The van der Waals surface area contributed by atoms with Crippen LogP contribution in [0.3, 0.4) is 0 Å². The van der Waals surface area contributed by atoms with Gasteiger partial charge in [-0.15, -0.1) is 0 Å². The lowest BCUT2D eigenvalue weighted by molar-refractivity contribution is -0.132. The van der Waals surface area contributed by atoms with Gasteiger partial charge in [0.2, 0.25) is 5.91 Å². The van der Waals surface area contributed by atoms with Crippen LogP contribution >= 0.6 is 11.6 Å². The lowest BCUT2D eigenvalue weighted by Crippen LogP contribution is -2.37. The Hall–Kier alpha value is -3.00. The Kier molecular flexibility index (Phi) is 6.18. The number of pyridine rings is 1. The first kappa shape index (κ1) is 21.2.